The topological polar surface area (TPSA) is 36.7 Å². The number of rotatable bonds is 3. The molecule has 0 spiro atoms. The van der Waals surface area contributed by atoms with Crippen molar-refractivity contribution >= 4 is 11.3 Å². The molecule has 1 heterocycles. The lowest BCUT2D eigenvalue weighted by molar-refractivity contribution is 0.662. The molecule has 1 aliphatic rings. The highest BCUT2D eigenvalue weighted by Crippen LogP contribution is 2.48. The van der Waals surface area contributed by atoms with Gasteiger partial charge in [0.2, 0.25) is 0 Å². The van der Waals surface area contributed by atoms with Crippen LogP contribution in [0.25, 0.3) is 11.3 Å². The first kappa shape index (κ1) is 12.4. The van der Waals surface area contributed by atoms with Crippen molar-refractivity contribution < 1.29 is 0 Å². The van der Waals surface area contributed by atoms with Gasteiger partial charge in [0.25, 0.3) is 0 Å². The highest BCUT2D eigenvalue weighted by Gasteiger charge is 2.43. The molecule has 0 unspecified atom stereocenters. The molecule has 96 valence electrons. The summed E-state index contributed by atoms with van der Waals surface area (Å²) in [5, 5.41) is 12.3. The number of aromatic nitrogens is 1. The van der Waals surface area contributed by atoms with Crippen molar-refractivity contribution in [1.82, 2.24) is 4.98 Å². The molecule has 1 aromatic heterocycles. The second kappa shape index (κ2) is 4.47. The summed E-state index contributed by atoms with van der Waals surface area (Å²) in [5.74, 6) is 0. The van der Waals surface area contributed by atoms with Crippen molar-refractivity contribution in [1.29, 1.82) is 5.26 Å². The number of nitrogens with zero attached hydrogens (tertiary/aromatic N) is 2. The molecular weight excluding hydrogens is 252 g/mol. The zero-order chi connectivity index (χ0) is 13.5. The smallest absolute Gasteiger partial charge is 0.0948 e. The molecule has 0 saturated heterocycles. The van der Waals surface area contributed by atoms with Crippen LogP contribution in [-0.2, 0) is 6.42 Å². The Bertz CT molecular complexity index is 660. The van der Waals surface area contributed by atoms with Gasteiger partial charge < -0.3 is 0 Å². The zero-order valence-electron chi connectivity index (χ0n) is 11.2. The van der Waals surface area contributed by atoms with Crippen LogP contribution in [0.15, 0.2) is 23.6 Å². The normalized spacial score (nSPS) is 16.1. The Morgan fingerprint density at radius 1 is 1.37 bits per heavy atom. The van der Waals surface area contributed by atoms with E-state index in [1.165, 1.54) is 16.7 Å². The van der Waals surface area contributed by atoms with Crippen molar-refractivity contribution in [3.05, 3.63) is 39.7 Å². The molecule has 0 bridgehead atoms. The number of nitriles is 1. The van der Waals surface area contributed by atoms with E-state index in [1.54, 1.807) is 11.3 Å². The van der Waals surface area contributed by atoms with Gasteiger partial charge in [-0.3, -0.25) is 0 Å². The van der Waals surface area contributed by atoms with Crippen LogP contribution in [0, 0.1) is 30.6 Å². The fourth-order valence-electron chi connectivity index (χ4n) is 2.39. The van der Waals surface area contributed by atoms with Crippen molar-refractivity contribution in [3.63, 3.8) is 0 Å². The number of aryl methyl sites for hydroxylation is 2. The van der Waals surface area contributed by atoms with Gasteiger partial charge in [-0.05, 0) is 32.3 Å². The lowest BCUT2D eigenvalue weighted by atomic mass is 10.0. The quantitative estimate of drug-likeness (QED) is 0.833. The van der Waals surface area contributed by atoms with E-state index in [-0.39, 0.29) is 5.41 Å². The van der Waals surface area contributed by atoms with Crippen LogP contribution in [0.4, 0.5) is 0 Å². The fourth-order valence-corrected chi connectivity index (χ4v) is 3.32. The second-order valence-electron chi connectivity index (χ2n) is 5.51. The van der Waals surface area contributed by atoms with E-state index in [0.717, 1.165) is 30.0 Å². The van der Waals surface area contributed by atoms with Gasteiger partial charge in [0.15, 0.2) is 0 Å². The minimum atomic E-state index is -0.0998. The Morgan fingerprint density at radius 3 is 2.79 bits per heavy atom. The molecule has 0 aliphatic heterocycles. The maximum Gasteiger partial charge on any atom is 0.0948 e. The van der Waals surface area contributed by atoms with Crippen LogP contribution in [0.1, 0.15) is 29.0 Å². The molecule has 1 aliphatic carbocycles. The van der Waals surface area contributed by atoms with Crippen molar-refractivity contribution in [2.45, 2.75) is 33.1 Å². The maximum atomic E-state index is 9.14. The summed E-state index contributed by atoms with van der Waals surface area (Å²) in [5.41, 5.74) is 4.69. The predicted octanol–water partition coefficient (Wildman–Crippen LogP) is 4.27. The van der Waals surface area contributed by atoms with E-state index in [9.17, 15) is 0 Å². The average molecular weight is 268 g/mol. The predicted molar refractivity (Wildman–Crippen MR) is 78.0 cm³/mol. The Morgan fingerprint density at radius 2 is 2.16 bits per heavy atom. The minimum Gasteiger partial charge on any atom is -0.241 e. The Labute approximate surface area is 117 Å². The SMILES string of the molecule is Cc1ccc(-c2csc(CC3(C#N)CC3)n2)c(C)c1. The van der Waals surface area contributed by atoms with Crippen molar-refractivity contribution in [3.8, 4) is 17.3 Å². The van der Waals surface area contributed by atoms with Crippen LogP contribution in [0.2, 0.25) is 0 Å². The first-order chi connectivity index (χ1) is 9.12. The summed E-state index contributed by atoms with van der Waals surface area (Å²) < 4.78 is 0. The van der Waals surface area contributed by atoms with Crippen LogP contribution in [0.5, 0.6) is 0 Å². The molecule has 0 amide bonds. The summed E-state index contributed by atoms with van der Waals surface area (Å²) in [6.45, 7) is 4.23. The number of thiazole rings is 1. The highest BCUT2D eigenvalue weighted by molar-refractivity contribution is 7.10. The third-order valence-corrected chi connectivity index (χ3v) is 4.64. The monoisotopic (exact) mass is 268 g/mol. The summed E-state index contributed by atoms with van der Waals surface area (Å²) >= 11 is 1.68. The summed E-state index contributed by atoms with van der Waals surface area (Å²) in [7, 11) is 0. The van der Waals surface area contributed by atoms with Gasteiger partial charge in [0.05, 0.1) is 22.2 Å². The molecular formula is C16H16N2S. The van der Waals surface area contributed by atoms with Crippen molar-refractivity contribution in [2.75, 3.05) is 0 Å². The molecule has 0 radical (unpaired) electrons. The van der Waals surface area contributed by atoms with Crippen LogP contribution in [-0.4, -0.2) is 4.98 Å². The fraction of sp³-hybridized carbons (Fsp3) is 0.375. The highest BCUT2D eigenvalue weighted by atomic mass is 32.1. The molecule has 0 N–H and O–H groups in total. The van der Waals surface area contributed by atoms with E-state index in [0.29, 0.717) is 0 Å². The molecule has 3 heteroatoms. The number of hydrogen-bond donors (Lipinski definition) is 0. The molecule has 1 aromatic carbocycles. The average Bonchev–Trinajstić information content (AvgIpc) is 3.00. The second-order valence-corrected chi connectivity index (χ2v) is 6.46. The summed E-state index contributed by atoms with van der Waals surface area (Å²) in [6.07, 6.45) is 2.88. The maximum absolute atomic E-state index is 9.14. The molecule has 2 aromatic rings. The van der Waals surface area contributed by atoms with Gasteiger partial charge in [-0.2, -0.15) is 5.26 Å². The molecule has 1 fully saturated rings. The van der Waals surface area contributed by atoms with Gasteiger partial charge >= 0.3 is 0 Å². The number of benzene rings is 1. The van der Waals surface area contributed by atoms with Crippen molar-refractivity contribution in [2.24, 2.45) is 5.41 Å². The zero-order valence-corrected chi connectivity index (χ0v) is 12.0. The summed E-state index contributed by atoms with van der Waals surface area (Å²) in [4.78, 5) is 4.71. The third-order valence-electron chi connectivity index (χ3n) is 3.79. The van der Waals surface area contributed by atoms with Crippen LogP contribution < -0.4 is 0 Å². The first-order valence-electron chi connectivity index (χ1n) is 6.55. The lowest BCUT2D eigenvalue weighted by Gasteiger charge is -2.04. The van der Waals surface area contributed by atoms with E-state index < -0.39 is 0 Å². The van der Waals surface area contributed by atoms with Gasteiger partial charge in [-0.25, -0.2) is 4.98 Å². The minimum absolute atomic E-state index is 0.0998. The Hall–Kier alpha value is -1.66. The molecule has 2 nitrogen and oxygen atoms in total. The van der Waals surface area contributed by atoms with E-state index in [2.05, 4.69) is 43.5 Å². The van der Waals surface area contributed by atoms with Crippen LogP contribution in [0.3, 0.4) is 0 Å². The van der Waals surface area contributed by atoms with E-state index in [4.69, 9.17) is 10.2 Å². The molecule has 19 heavy (non-hydrogen) atoms. The van der Waals surface area contributed by atoms with E-state index >= 15 is 0 Å². The first-order valence-corrected chi connectivity index (χ1v) is 7.43. The lowest BCUT2D eigenvalue weighted by Crippen LogP contribution is -2.00. The molecule has 1 saturated carbocycles. The molecule has 3 rings (SSSR count). The van der Waals surface area contributed by atoms with Crippen LogP contribution >= 0.6 is 11.3 Å². The van der Waals surface area contributed by atoms with Gasteiger partial charge in [0, 0.05) is 17.4 Å². The third kappa shape index (κ3) is 2.41. The largest absolute Gasteiger partial charge is 0.241 e. The number of hydrogen-bond acceptors (Lipinski definition) is 3. The summed E-state index contributed by atoms with van der Waals surface area (Å²) in [6, 6.07) is 8.89. The van der Waals surface area contributed by atoms with Gasteiger partial charge in [-0.1, -0.05) is 23.8 Å². The standard InChI is InChI=1S/C16H16N2S/c1-11-3-4-13(12(2)7-11)14-9-19-15(18-14)8-16(10-17)5-6-16/h3-4,7,9H,5-6,8H2,1-2H3. The van der Waals surface area contributed by atoms with Gasteiger partial charge in [-0.15, -0.1) is 11.3 Å². The Balaban J connectivity index is 1.87. The van der Waals surface area contributed by atoms with E-state index in [1.807, 2.05) is 0 Å². The molecule has 0 atom stereocenters. The van der Waals surface area contributed by atoms with Gasteiger partial charge in [0.1, 0.15) is 0 Å². The Kier molecular flexibility index (Phi) is 2.91.